The van der Waals surface area contributed by atoms with Gasteiger partial charge in [0.25, 0.3) is 0 Å². The summed E-state index contributed by atoms with van der Waals surface area (Å²) >= 11 is 1.65. The van der Waals surface area contributed by atoms with Crippen molar-refractivity contribution in [1.29, 1.82) is 0 Å². The van der Waals surface area contributed by atoms with Crippen LogP contribution in [-0.2, 0) is 9.84 Å². The third-order valence-electron chi connectivity index (χ3n) is 3.95. The molecule has 1 N–H and O–H groups in total. The Labute approximate surface area is 134 Å². The molecular weight excluding hydrogens is 320 g/mol. The molecule has 120 valence electrons. The molecule has 0 radical (unpaired) electrons. The molecule has 0 aromatic carbocycles. The summed E-state index contributed by atoms with van der Waals surface area (Å²) in [5, 5.41) is 5.54. The first-order valence-corrected chi connectivity index (χ1v) is 10.3. The molecule has 0 bridgehead atoms. The average molecular weight is 340 g/mol. The van der Waals surface area contributed by atoms with Crippen LogP contribution in [0.1, 0.15) is 12.8 Å². The predicted octanol–water partition coefficient (Wildman–Crippen LogP) is 1.61. The van der Waals surface area contributed by atoms with Crippen LogP contribution in [-0.4, -0.2) is 61.0 Å². The molecule has 8 heteroatoms. The maximum absolute atomic E-state index is 11.2. The van der Waals surface area contributed by atoms with Crippen molar-refractivity contribution in [3.8, 4) is 0 Å². The van der Waals surface area contributed by atoms with E-state index >= 15 is 0 Å². The Morgan fingerprint density at radius 1 is 1.36 bits per heavy atom. The number of likely N-dealkylation sites (tertiary alicyclic amines) is 1. The van der Waals surface area contributed by atoms with Crippen molar-refractivity contribution in [1.82, 2.24) is 14.9 Å². The van der Waals surface area contributed by atoms with Gasteiger partial charge in [0.05, 0.1) is 16.0 Å². The number of fused-ring (bicyclic) bond motifs is 1. The molecule has 3 heterocycles. The zero-order chi connectivity index (χ0) is 15.6. The number of thiophene rings is 1. The van der Waals surface area contributed by atoms with Crippen molar-refractivity contribution < 1.29 is 8.42 Å². The van der Waals surface area contributed by atoms with Crippen LogP contribution >= 0.6 is 11.3 Å². The van der Waals surface area contributed by atoms with Crippen molar-refractivity contribution >= 4 is 37.2 Å². The van der Waals surface area contributed by atoms with Gasteiger partial charge in [-0.2, -0.15) is 0 Å². The Hall–Kier alpha value is -1.25. The first kappa shape index (κ1) is 15.6. The monoisotopic (exact) mass is 340 g/mol. The summed E-state index contributed by atoms with van der Waals surface area (Å²) in [5.41, 5.74) is 0.980. The quantitative estimate of drug-likeness (QED) is 0.891. The van der Waals surface area contributed by atoms with Crippen LogP contribution in [0.25, 0.3) is 10.2 Å². The molecule has 6 nitrogen and oxygen atoms in total. The van der Waals surface area contributed by atoms with Gasteiger partial charge in [0.15, 0.2) is 0 Å². The first-order chi connectivity index (χ1) is 10.5. The summed E-state index contributed by atoms with van der Waals surface area (Å²) in [7, 11) is -2.88. The van der Waals surface area contributed by atoms with E-state index in [1.165, 1.54) is 6.26 Å². The highest BCUT2D eigenvalue weighted by Gasteiger charge is 2.21. The van der Waals surface area contributed by atoms with E-state index in [0.717, 1.165) is 42.0 Å². The SMILES string of the molecule is CS(=O)(=O)CCN1CCC(Nc2ncnc3ccsc23)CC1. The minimum absolute atomic E-state index is 0.243. The van der Waals surface area contributed by atoms with Gasteiger partial charge >= 0.3 is 0 Å². The molecule has 0 unspecified atom stereocenters. The number of aromatic nitrogens is 2. The van der Waals surface area contributed by atoms with Crippen molar-refractivity contribution in [3.05, 3.63) is 17.8 Å². The lowest BCUT2D eigenvalue weighted by Gasteiger charge is -2.32. The van der Waals surface area contributed by atoms with Crippen LogP contribution < -0.4 is 5.32 Å². The van der Waals surface area contributed by atoms with Gasteiger partial charge < -0.3 is 10.2 Å². The third kappa shape index (κ3) is 3.93. The molecule has 0 spiro atoms. The van der Waals surface area contributed by atoms with Crippen molar-refractivity contribution in [3.63, 3.8) is 0 Å². The standard InChI is InChI=1S/C14H20N4O2S2/c1-22(19,20)9-7-18-5-2-11(3-6-18)17-14-13-12(4-8-21-13)15-10-16-14/h4,8,10-11H,2-3,5-7,9H2,1H3,(H,15,16,17). The van der Waals surface area contributed by atoms with Gasteiger partial charge in [-0.05, 0) is 24.3 Å². The molecule has 0 amide bonds. The Morgan fingerprint density at radius 3 is 2.86 bits per heavy atom. The number of nitrogens with one attached hydrogen (secondary N) is 1. The third-order valence-corrected chi connectivity index (χ3v) is 5.78. The molecule has 1 fully saturated rings. The first-order valence-electron chi connectivity index (χ1n) is 7.36. The van der Waals surface area contributed by atoms with Gasteiger partial charge in [-0.25, -0.2) is 18.4 Å². The molecule has 0 aliphatic carbocycles. The number of hydrogen-bond donors (Lipinski definition) is 1. The van der Waals surface area contributed by atoms with Gasteiger partial charge in [-0.1, -0.05) is 0 Å². The zero-order valence-corrected chi connectivity index (χ0v) is 14.2. The number of piperidine rings is 1. The Morgan fingerprint density at radius 2 is 2.14 bits per heavy atom. The van der Waals surface area contributed by atoms with E-state index in [9.17, 15) is 8.42 Å². The minimum Gasteiger partial charge on any atom is -0.366 e. The fourth-order valence-electron chi connectivity index (χ4n) is 2.68. The largest absolute Gasteiger partial charge is 0.366 e. The summed E-state index contributed by atoms with van der Waals surface area (Å²) in [5.74, 6) is 1.15. The Bertz CT molecular complexity index is 736. The smallest absolute Gasteiger partial charge is 0.148 e. The fourth-order valence-corrected chi connectivity index (χ4v) is 4.07. The second kappa shape index (κ2) is 6.47. The van der Waals surface area contributed by atoms with Crippen molar-refractivity contribution in [2.24, 2.45) is 0 Å². The second-order valence-electron chi connectivity index (χ2n) is 5.75. The second-order valence-corrected chi connectivity index (χ2v) is 8.92. The molecule has 1 aliphatic heterocycles. The van der Waals surface area contributed by atoms with E-state index in [1.807, 2.05) is 11.4 Å². The van der Waals surface area contributed by atoms with Crippen LogP contribution in [0.15, 0.2) is 17.8 Å². The molecular formula is C14H20N4O2S2. The molecule has 2 aromatic rings. The van der Waals surface area contributed by atoms with Crippen LogP contribution in [0, 0.1) is 0 Å². The number of anilines is 1. The van der Waals surface area contributed by atoms with E-state index in [4.69, 9.17) is 0 Å². The summed E-state index contributed by atoms with van der Waals surface area (Å²) < 4.78 is 23.6. The van der Waals surface area contributed by atoms with E-state index < -0.39 is 9.84 Å². The van der Waals surface area contributed by atoms with Crippen LogP contribution in [0.3, 0.4) is 0 Å². The summed E-state index contributed by atoms with van der Waals surface area (Å²) in [4.78, 5) is 10.8. The molecule has 0 saturated carbocycles. The van der Waals surface area contributed by atoms with Crippen LogP contribution in [0.4, 0.5) is 5.82 Å². The van der Waals surface area contributed by atoms with Gasteiger partial charge in [0.1, 0.15) is 22.0 Å². The number of rotatable bonds is 5. The Balaban J connectivity index is 1.55. The topological polar surface area (TPSA) is 75.2 Å². The van der Waals surface area contributed by atoms with E-state index in [1.54, 1.807) is 17.7 Å². The number of hydrogen-bond acceptors (Lipinski definition) is 7. The molecule has 1 saturated heterocycles. The van der Waals surface area contributed by atoms with E-state index in [-0.39, 0.29) is 5.75 Å². The summed E-state index contributed by atoms with van der Waals surface area (Å²) in [6.07, 6.45) is 4.89. The maximum Gasteiger partial charge on any atom is 0.148 e. The maximum atomic E-state index is 11.2. The minimum atomic E-state index is -2.88. The van der Waals surface area contributed by atoms with Gasteiger partial charge in [0.2, 0.25) is 0 Å². The molecule has 2 aromatic heterocycles. The summed E-state index contributed by atoms with van der Waals surface area (Å²) in [6.45, 7) is 2.48. The molecule has 0 atom stereocenters. The zero-order valence-electron chi connectivity index (χ0n) is 12.5. The fraction of sp³-hybridized carbons (Fsp3) is 0.571. The lowest BCUT2D eigenvalue weighted by atomic mass is 10.1. The average Bonchev–Trinajstić information content (AvgIpc) is 2.95. The lowest BCUT2D eigenvalue weighted by Crippen LogP contribution is -2.41. The number of nitrogens with zero attached hydrogens (tertiary/aromatic N) is 3. The number of sulfone groups is 1. The van der Waals surface area contributed by atoms with Gasteiger partial charge in [-0.3, -0.25) is 0 Å². The van der Waals surface area contributed by atoms with Gasteiger partial charge in [0, 0.05) is 31.9 Å². The van der Waals surface area contributed by atoms with Crippen molar-refractivity contribution in [2.75, 3.05) is 37.0 Å². The normalized spacial score (nSPS) is 17.9. The summed E-state index contributed by atoms with van der Waals surface area (Å²) in [6, 6.07) is 2.38. The lowest BCUT2D eigenvalue weighted by molar-refractivity contribution is 0.230. The Kier molecular flexibility index (Phi) is 4.60. The predicted molar refractivity (Wildman–Crippen MR) is 90.2 cm³/mol. The molecule has 3 rings (SSSR count). The molecule has 22 heavy (non-hydrogen) atoms. The highest BCUT2D eigenvalue weighted by atomic mass is 32.2. The van der Waals surface area contributed by atoms with Gasteiger partial charge in [-0.15, -0.1) is 11.3 Å². The van der Waals surface area contributed by atoms with E-state index in [0.29, 0.717) is 12.6 Å². The van der Waals surface area contributed by atoms with Crippen LogP contribution in [0.5, 0.6) is 0 Å². The highest BCUT2D eigenvalue weighted by Crippen LogP contribution is 2.26. The van der Waals surface area contributed by atoms with E-state index in [2.05, 4.69) is 20.2 Å². The van der Waals surface area contributed by atoms with Crippen LogP contribution in [0.2, 0.25) is 0 Å². The van der Waals surface area contributed by atoms with Crippen molar-refractivity contribution in [2.45, 2.75) is 18.9 Å². The highest BCUT2D eigenvalue weighted by molar-refractivity contribution is 7.90. The molecule has 1 aliphatic rings.